The third kappa shape index (κ3) is 3.77. The number of likely N-dealkylation sites (N-methyl/N-ethyl adjacent to an activating group) is 1. The molecule has 0 spiro atoms. The van der Waals surface area contributed by atoms with E-state index in [9.17, 15) is 14.9 Å². The van der Waals surface area contributed by atoms with Crippen LogP contribution < -0.4 is 5.73 Å². The van der Waals surface area contributed by atoms with Gasteiger partial charge in [0.25, 0.3) is 5.69 Å². The quantitative estimate of drug-likeness (QED) is 0.673. The van der Waals surface area contributed by atoms with E-state index in [1.54, 1.807) is 25.2 Å². The van der Waals surface area contributed by atoms with Crippen LogP contribution in [-0.2, 0) is 11.3 Å². The van der Waals surface area contributed by atoms with Crippen molar-refractivity contribution in [1.82, 2.24) is 4.90 Å². The number of nitrogens with two attached hydrogens (primary N) is 1. The van der Waals surface area contributed by atoms with E-state index >= 15 is 0 Å². The van der Waals surface area contributed by atoms with Gasteiger partial charge in [-0.05, 0) is 5.41 Å². The molecule has 0 bridgehead atoms. The van der Waals surface area contributed by atoms with Gasteiger partial charge in [0.15, 0.2) is 0 Å². The molecule has 0 aliphatic heterocycles. The summed E-state index contributed by atoms with van der Waals surface area (Å²) in [4.78, 5) is 24.1. The summed E-state index contributed by atoms with van der Waals surface area (Å²) < 4.78 is 0. The van der Waals surface area contributed by atoms with Gasteiger partial charge in [0.05, 0.1) is 17.5 Å². The molecule has 1 unspecified atom stereocenters. The summed E-state index contributed by atoms with van der Waals surface area (Å²) in [5.41, 5.74) is 6.07. The monoisotopic (exact) mass is 279 g/mol. The fourth-order valence-electron chi connectivity index (χ4n) is 1.76. The molecule has 0 saturated heterocycles. The van der Waals surface area contributed by atoms with Gasteiger partial charge < -0.3 is 10.6 Å². The van der Waals surface area contributed by atoms with Gasteiger partial charge in [0.2, 0.25) is 5.91 Å². The number of hydrogen-bond acceptors (Lipinski definition) is 4. The highest BCUT2D eigenvalue weighted by Crippen LogP contribution is 2.22. The summed E-state index contributed by atoms with van der Waals surface area (Å²) in [6.45, 7) is 5.82. The molecule has 1 amide bonds. The average molecular weight is 279 g/mol. The number of carbonyl (C=O) groups is 1. The van der Waals surface area contributed by atoms with Crippen molar-refractivity contribution in [2.24, 2.45) is 11.1 Å². The predicted octanol–water partition coefficient (Wildman–Crippen LogP) is 1.93. The molecular weight excluding hydrogens is 258 g/mol. The maximum atomic E-state index is 12.2. The minimum Gasteiger partial charge on any atom is -0.340 e. The van der Waals surface area contributed by atoms with Crippen molar-refractivity contribution in [3.8, 4) is 0 Å². The van der Waals surface area contributed by atoms with Gasteiger partial charge in [-0.25, -0.2) is 0 Å². The zero-order valence-corrected chi connectivity index (χ0v) is 12.3. The predicted molar refractivity (Wildman–Crippen MR) is 77.0 cm³/mol. The van der Waals surface area contributed by atoms with Crippen LogP contribution >= 0.6 is 0 Å². The molecule has 1 aromatic rings. The molecule has 6 nitrogen and oxygen atoms in total. The Balaban J connectivity index is 2.89. The van der Waals surface area contributed by atoms with E-state index in [-0.39, 0.29) is 23.6 Å². The normalized spacial score (nSPS) is 12.8. The maximum absolute atomic E-state index is 12.2. The Kier molecular flexibility index (Phi) is 4.83. The van der Waals surface area contributed by atoms with Crippen LogP contribution in [0.4, 0.5) is 5.69 Å². The Morgan fingerprint density at radius 3 is 2.45 bits per heavy atom. The Labute approximate surface area is 118 Å². The first-order valence-corrected chi connectivity index (χ1v) is 6.37. The number of nitro groups is 1. The SMILES string of the molecule is CN(Cc1ccccc1[N+](=O)[O-])C(=O)C(N)C(C)(C)C. The molecule has 1 rings (SSSR count). The van der Waals surface area contributed by atoms with Crippen molar-refractivity contribution in [2.75, 3.05) is 7.05 Å². The molecule has 2 N–H and O–H groups in total. The second-order valence-electron chi connectivity index (χ2n) is 5.92. The first-order valence-electron chi connectivity index (χ1n) is 6.37. The largest absolute Gasteiger partial charge is 0.340 e. The number of hydrogen-bond donors (Lipinski definition) is 1. The first kappa shape index (κ1) is 16.1. The summed E-state index contributed by atoms with van der Waals surface area (Å²) in [5, 5.41) is 10.9. The van der Waals surface area contributed by atoms with Gasteiger partial charge in [0.1, 0.15) is 0 Å². The molecule has 110 valence electrons. The van der Waals surface area contributed by atoms with Gasteiger partial charge >= 0.3 is 0 Å². The van der Waals surface area contributed by atoms with Crippen molar-refractivity contribution < 1.29 is 9.72 Å². The number of nitrogens with zero attached hydrogens (tertiary/aromatic N) is 2. The number of rotatable bonds is 4. The molecule has 0 heterocycles. The van der Waals surface area contributed by atoms with Crippen molar-refractivity contribution >= 4 is 11.6 Å². The highest BCUT2D eigenvalue weighted by atomic mass is 16.6. The van der Waals surface area contributed by atoms with Crippen LogP contribution in [0.1, 0.15) is 26.3 Å². The van der Waals surface area contributed by atoms with Gasteiger partial charge in [-0.3, -0.25) is 14.9 Å². The standard InChI is InChI=1S/C14H21N3O3/c1-14(2,3)12(15)13(18)16(4)9-10-7-5-6-8-11(10)17(19)20/h5-8,12H,9,15H2,1-4H3. The Morgan fingerprint density at radius 1 is 1.40 bits per heavy atom. The summed E-state index contributed by atoms with van der Waals surface area (Å²) in [5.74, 6) is -0.226. The minimum absolute atomic E-state index is 0.0106. The first-order chi connectivity index (χ1) is 9.14. The highest BCUT2D eigenvalue weighted by molar-refractivity contribution is 5.82. The highest BCUT2D eigenvalue weighted by Gasteiger charge is 2.30. The molecule has 0 aromatic heterocycles. The molecule has 20 heavy (non-hydrogen) atoms. The van der Waals surface area contributed by atoms with Crippen molar-refractivity contribution in [3.05, 3.63) is 39.9 Å². The number of nitro benzene ring substituents is 1. The molecule has 1 aromatic carbocycles. The van der Waals surface area contributed by atoms with Crippen LogP contribution in [0.2, 0.25) is 0 Å². The number of para-hydroxylation sites is 1. The Hall–Kier alpha value is -1.95. The molecule has 1 atom stereocenters. The van der Waals surface area contributed by atoms with E-state index in [1.807, 2.05) is 20.8 Å². The molecule has 0 saturated carbocycles. The molecule has 0 fully saturated rings. The van der Waals surface area contributed by atoms with Crippen molar-refractivity contribution in [1.29, 1.82) is 0 Å². The molecule has 0 aliphatic rings. The van der Waals surface area contributed by atoms with Gasteiger partial charge in [-0.15, -0.1) is 0 Å². The fourth-order valence-corrected chi connectivity index (χ4v) is 1.76. The lowest BCUT2D eigenvalue weighted by Crippen LogP contribution is -2.48. The van der Waals surface area contributed by atoms with Crippen LogP contribution in [0, 0.1) is 15.5 Å². The molecular formula is C14H21N3O3. The number of carbonyl (C=O) groups excluding carboxylic acids is 1. The lowest BCUT2D eigenvalue weighted by atomic mass is 9.86. The Morgan fingerprint density at radius 2 is 1.95 bits per heavy atom. The lowest BCUT2D eigenvalue weighted by molar-refractivity contribution is -0.385. The number of benzene rings is 1. The zero-order valence-electron chi connectivity index (χ0n) is 12.3. The van der Waals surface area contributed by atoms with Gasteiger partial charge in [-0.1, -0.05) is 39.0 Å². The van der Waals surface area contributed by atoms with E-state index in [0.29, 0.717) is 5.56 Å². The average Bonchev–Trinajstić information content (AvgIpc) is 2.36. The van der Waals surface area contributed by atoms with Crippen molar-refractivity contribution in [3.63, 3.8) is 0 Å². The van der Waals surface area contributed by atoms with E-state index in [4.69, 9.17) is 5.73 Å². The van der Waals surface area contributed by atoms with E-state index in [1.165, 1.54) is 11.0 Å². The third-order valence-corrected chi connectivity index (χ3v) is 3.17. The minimum atomic E-state index is -0.643. The van der Waals surface area contributed by atoms with E-state index in [2.05, 4.69) is 0 Å². The Bertz CT molecular complexity index is 509. The van der Waals surface area contributed by atoms with Crippen molar-refractivity contribution in [2.45, 2.75) is 33.4 Å². The van der Waals surface area contributed by atoms with E-state index in [0.717, 1.165) is 0 Å². The van der Waals surface area contributed by atoms with Gasteiger partial charge in [0, 0.05) is 18.7 Å². The lowest BCUT2D eigenvalue weighted by Gasteiger charge is -2.30. The summed E-state index contributed by atoms with van der Waals surface area (Å²) in [6, 6.07) is 5.74. The molecule has 0 radical (unpaired) electrons. The molecule has 0 aliphatic carbocycles. The topological polar surface area (TPSA) is 89.5 Å². The summed E-state index contributed by atoms with van der Waals surface area (Å²) >= 11 is 0. The van der Waals surface area contributed by atoms with Crippen LogP contribution in [0.5, 0.6) is 0 Å². The molecule has 6 heteroatoms. The fraction of sp³-hybridized carbons (Fsp3) is 0.500. The smallest absolute Gasteiger partial charge is 0.274 e. The summed E-state index contributed by atoms with van der Waals surface area (Å²) in [7, 11) is 1.60. The summed E-state index contributed by atoms with van der Waals surface area (Å²) in [6.07, 6.45) is 0. The van der Waals surface area contributed by atoms with Crippen LogP contribution in [0.25, 0.3) is 0 Å². The number of amides is 1. The third-order valence-electron chi connectivity index (χ3n) is 3.17. The van der Waals surface area contributed by atoms with Crippen LogP contribution in [0.15, 0.2) is 24.3 Å². The van der Waals surface area contributed by atoms with Crippen LogP contribution in [-0.4, -0.2) is 28.8 Å². The maximum Gasteiger partial charge on any atom is 0.274 e. The van der Waals surface area contributed by atoms with Gasteiger partial charge in [-0.2, -0.15) is 0 Å². The second kappa shape index (κ2) is 6.00. The zero-order chi connectivity index (χ0) is 15.5. The van der Waals surface area contributed by atoms with E-state index < -0.39 is 11.0 Å². The van der Waals surface area contributed by atoms with Crippen LogP contribution in [0.3, 0.4) is 0 Å². The second-order valence-corrected chi connectivity index (χ2v) is 5.92.